The van der Waals surface area contributed by atoms with Gasteiger partial charge in [-0.15, -0.1) is 0 Å². The zero-order chi connectivity index (χ0) is 13.2. The van der Waals surface area contributed by atoms with Gasteiger partial charge in [0, 0.05) is 24.0 Å². The fraction of sp³-hybridized carbons (Fsp3) is 0.438. The molecule has 3 heteroatoms. The molecule has 1 aromatic carbocycles. The molecule has 0 amide bonds. The smallest absolute Gasteiger partial charge is 0.134 e. The van der Waals surface area contributed by atoms with Gasteiger partial charge in [0.25, 0.3) is 0 Å². The number of nitrogens with one attached hydrogen (secondary N) is 2. The van der Waals surface area contributed by atoms with Crippen LogP contribution in [0.1, 0.15) is 32.4 Å². The van der Waals surface area contributed by atoms with E-state index in [2.05, 4.69) is 54.8 Å². The van der Waals surface area contributed by atoms with Crippen LogP contribution in [-0.2, 0) is 6.54 Å². The molecule has 0 bridgehead atoms. The SMILES string of the molecule is CC(C)NCc1cc2ccccc2c(NC2CC2)n1. The van der Waals surface area contributed by atoms with Crippen LogP contribution < -0.4 is 10.6 Å². The highest BCUT2D eigenvalue weighted by molar-refractivity contribution is 5.92. The van der Waals surface area contributed by atoms with E-state index in [1.807, 2.05) is 0 Å². The first-order chi connectivity index (χ1) is 9.22. The predicted octanol–water partition coefficient (Wildman–Crippen LogP) is 3.31. The standard InChI is InChI=1S/C16H21N3/c1-11(2)17-10-14-9-12-5-3-4-6-15(12)16(19-14)18-13-7-8-13/h3-6,9,11,13,17H,7-8,10H2,1-2H3,(H,18,19). The zero-order valence-corrected chi connectivity index (χ0v) is 11.6. The Hall–Kier alpha value is -1.61. The first-order valence-electron chi connectivity index (χ1n) is 7.11. The van der Waals surface area contributed by atoms with Gasteiger partial charge in [0.1, 0.15) is 5.82 Å². The van der Waals surface area contributed by atoms with Crippen molar-refractivity contribution in [2.24, 2.45) is 0 Å². The highest BCUT2D eigenvalue weighted by Crippen LogP contribution is 2.28. The van der Waals surface area contributed by atoms with Gasteiger partial charge >= 0.3 is 0 Å². The summed E-state index contributed by atoms with van der Waals surface area (Å²) >= 11 is 0. The molecule has 1 aliphatic rings. The molecule has 19 heavy (non-hydrogen) atoms. The highest BCUT2D eigenvalue weighted by atomic mass is 15.1. The topological polar surface area (TPSA) is 37.0 Å². The number of aromatic nitrogens is 1. The van der Waals surface area contributed by atoms with Crippen molar-refractivity contribution in [1.29, 1.82) is 0 Å². The average molecular weight is 255 g/mol. The minimum absolute atomic E-state index is 0.480. The van der Waals surface area contributed by atoms with Crippen LogP contribution in [0.4, 0.5) is 5.82 Å². The van der Waals surface area contributed by atoms with E-state index in [0.717, 1.165) is 18.1 Å². The van der Waals surface area contributed by atoms with E-state index in [9.17, 15) is 0 Å². The van der Waals surface area contributed by atoms with Crippen molar-refractivity contribution in [2.45, 2.75) is 45.3 Å². The van der Waals surface area contributed by atoms with Crippen molar-refractivity contribution >= 4 is 16.6 Å². The minimum atomic E-state index is 0.480. The van der Waals surface area contributed by atoms with Gasteiger partial charge < -0.3 is 10.6 Å². The summed E-state index contributed by atoms with van der Waals surface area (Å²) in [6.45, 7) is 5.14. The molecule has 0 unspecified atom stereocenters. The number of pyridine rings is 1. The monoisotopic (exact) mass is 255 g/mol. The minimum Gasteiger partial charge on any atom is -0.367 e. The van der Waals surface area contributed by atoms with Gasteiger partial charge in [-0.1, -0.05) is 38.1 Å². The Kier molecular flexibility index (Phi) is 3.38. The third kappa shape index (κ3) is 3.04. The Morgan fingerprint density at radius 1 is 1.26 bits per heavy atom. The molecular weight excluding hydrogens is 234 g/mol. The lowest BCUT2D eigenvalue weighted by Gasteiger charge is -2.12. The zero-order valence-electron chi connectivity index (χ0n) is 11.6. The van der Waals surface area contributed by atoms with E-state index in [-0.39, 0.29) is 0 Å². The fourth-order valence-electron chi connectivity index (χ4n) is 2.18. The highest BCUT2D eigenvalue weighted by Gasteiger charge is 2.22. The van der Waals surface area contributed by atoms with Gasteiger partial charge in [-0.3, -0.25) is 0 Å². The van der Waals surface area contributed by atoms with Crippen molar-refractivity contribution in [3.63, 3.8) is 0 Å². The summed E-state index contributed by atoms with van der Waals surface area (Å²) in [4.78, 5) is 4.78. The molecule has 2 aromatic rings. The Morgan fingerprint density at radius 3 is 2.79 bits per heavy atom. The maximum absolute atomic E-state index is 4.78. The molecular formula is C16H21N3. The van der Waals surface area contributed by atoms with Crippen LogP contribution >= 0.6 is 0 Å². The molecule has 0 saturated heterocycles. The second-order valence-corrected chi connectivity index (χ2v) is 5.64. The lowest BCUT2D eigenvalue weighted by molar-refractivity contribution is 0.582. The molecule has 1 aliphatic carbocycles. The number of rotatable bonds is 5. The molecule has 2 N–H and O–H groups in total. The van der Waals surface area contributed by atoms with Crippen LogP contribution in [0.5, 0.6) is 0 Å². The van der Waals surface area contributed by atoms with Gasteiger partial charge in [0.2, 0.25) is 0 Å². The van der Waals surface area contributed by atoms with E-state index in [0.29, 0.717) is 12.1 Å². The number of benzene rings is 1. The summed E-state index contributed by atoms with van der Waals surface area (Å²) in [6, 6.07) is 11.8. The summed E-state index contributed by atoms with van der Waals surface area (Å²) in [7, 11) is 0. The van der Waals surface area contributed by atoms with Crippen LogP contribution in [-0.4, -0.2) is 17.1 Å². The number of anilines is 1. The van der Waals surface area contributed by atoms with Gasteiger partial charge in [0.15, 0.2) is 0 Å². The number of hydrogen-bond donors (Lipinski definition) is 2. The number of fused-ring (bicyclic) bond motifs is 1. The molecule has 0 aliphatic heterocycles. The van der Waals surface area contributed by atoms with Crippen LogP contribution in [0.25, 0.3) is 10.8 Å². The average Bonchev–Trinajstić information content (AvgIpc) is 3.20. The molecule has 0 radical (unpaired) electrons. The first-order valence-corrected chi connectivity index (χ1v) is 7.11. The van der Waals surface area contributed by atoms with Crippen molar-refractivity contribution in [3.05, 3.63) is 36.0 Å². The van der Waals surface area contributed by atoms with Gasteiger partial charge in [-0.25, -0.2) is 4.98 Å². The summed E-state index contributed by atoms with van der Waals surface area (Å²) in [5.74, 6) is 1.04. The van der Waals surface area contributed by atoms with E-state index < -0.39 is 0 Å². The molecule has 1 fully saturated rings. The third-order valence-corrected chi connectivity index (χ3v) is 3.40. The summed E-state index contributed by atoms with van der Waals surface area (Å²) in [6.07, 6.45) is 2.54. The predicted molar refractivity (Wildman–Crippen MR) is 80.4 cm³/mol. The quantitative estimate of drug-likeness (QED) is 0.860. The Bertz CT molecular complexity index is 573. The third-order valence-electron chi connectivity index (χ3n) is 3.40. The van der Waals surface area contributed by atoms with E-state index in [4.69, 9.17) is 4.98 Å². The molecule has 1 aromatic heterocycles. The first kappa shape index (κ1) is 12.4. The Labute approximate surface area is 114 Å². The molecule has 3 rings (SSSR count). The van der Waals surface area contributed by atoms with Crippen molar-refractivity contribution < 1.29 is 0 Å². The molecule has 0 atom stereocenters. The van der Waals surface area contributed by atoms with E-state index in [1.165, 1.54) is 23.6 Å². The molecule has 3 nitrogen and oxygen atoms in total. The van der Waals surface area contributed by atoms with Crippen LogP contribution in [0.2, 0.25) is 0 Å². The van der Waals surface area contributed by atoms with Crippen molar-refractivity contribution in [1.82, 2.24) is 10.3 Å². The maximum Gasteiger partial charge on any atom is 0.134 e. The molecule has 1 saturated carbocycles. The number of hydrogen-bond acceptors (Lipinski definition) is 3. The molecule has 1 heterocycles. The van der Waals surface area contributed by atoms with E-state index in [1.54, 1.807) is 0 Å². The largest absolute Gasteiger partial charge is 0.367 e. The summed E-state index contributed by atoms with van der Waals surface area (Å²) in [5, 5.41) is 9.47. The van der Waals surface area contributed by atoms with Gasteiger partial charge in [0.05, 0.1) is 5.69 Å². The Balaban J connectivity index is 1.94. The second kappa shape index (κ2) is 5.17. The number of nitrogens with zero attached hydrogens (tertiary/aromatic N) is 1. The van der Waals surface area contributed by atoms with Gasteiger partial charge in [-0.2, -0.15) is 0 Å². The normalized spacial score (nSPS) is 15.1. The van der Waals surface area contributed by atoms with Crippen molar-refractivity contribution in [2.75, 3.05) is 5.32 Å². The van der Waals surface area contributed by atoms with Crippen LogP contribution in [0.3, 0.4) is 0 Å². The second-order valence-electron chi connectivity index (χ2n) is 5.64. The lowest BCUT2D eigenvalue weighted by Crippen LogP contribution is -2.22. The van der Waals surface area contributed by atoms with Crippen LogP contribution in [0, 0.1) is 0 Å². The summed E-state index contributed by atoms with van der Waals surface area (Å²) in [5.41, 5.74) is 1.11. The van der Waals surface area contributed by atoms with Crippen LogP contribution in [0.15, 0.2) is 30.3 Å². The Morgan fingerprint density at radius 2 is 2.05 bits per heavy atom. The van der Waals surface area contributed by atoms with Gasteiger partial charge in [-0.05, 0) is 24.3 Å². The molecule has 100 valence electrons. The van der Waals surface area contributed by atoms with Crippen molar-refractivity contribution in [3.8, 4) is 0 Å². The molecule has 0 spiro atoms. The lowest BCUT2D eigenvalue weighted by atomic mass is 10.1. The summed E-state index contributed by atoms with van der Waals surface area (Å²) < 4.78 is 0. The van der Waals surface area contributed by atoms with E-state index >= 15 is 0 Å². The maximum atomic E-state index is 4.78. The fourth-order valence-corrected chi connectivity index (χ4v) is 2.18.